The van der Waals surface area contributed by atoms with Gasteiger partial charge in [-0.25, -0.2) is 8.42 Å². The Morgan fingerprint density at radius 2 is 1.62 bits per heavy atom. The summed E-state index contributed by atoms with van der Waals surface area (Å²) in [6.45, 7) is 13.4. The van der Waals surface area contributed by atoms with Crippen LogP contribution in [0.5, 0.6) is 0 Å². The zero-order valence-electron chi connectivity index (χ0n) is 15.6. The Bertz CT molecular complexity index is 736. The van der Waals surface area contributed by atoms with Crippen molar-refractivity contribution in [2.45, 2.75) is 25.2 Å². The summed E-state index contributed by atoms with van der Waals surface area (Å²) in [6.07, 6.45) is 4.21. The number of carbonyl (C=O) groups excluding carboxylic acids is 1. The van der Waals surface area contributed by atoms with E-state index in [-0.39, 0.29) is 23.9 Å². The molecule has 1 amide bonds. The number of carbonyl (C=O) groups is 1. The number of benzene rings is 1. The predicted molar refractivity (Wildman–Crippen MR) is 104 cm³/mol. The third kappa shape index (κ3) is 4.62. The van der Waals surface area contributed by atoms with Gasteiger partial charge >= 0.3 is 0 Å². The molecule has 0 bridgehead atoms. The predicted octanol–water partition coefficient (Wildman–Crippen LogP) is 3.17. The summed E-state index contributed by atoms with van der Waals surface area (Å²) in [5, 5.41) is 0. The van der Waals surface area contributed by atoms with E-state index in [1.165, 1.54) is 28.6 Å². The minimum Gasteiger partial charge on any atom is -0.338 e. The fraction of sp³-hybridized carbons (Fsp3) is 0.450. The van der Waals surface area contributed by atoms with Crippen LogP contribution in [0.1, 0.15) is 30.6 Å². The fourth-order valence-electron chi connectivity index (χ4n) is 3.49. The van der Waals surface area contributed by atoms with Crippen LogP contribution in [-0.4, -0.2) is 49.7 Å². The second kappa shape index (κ2) is 8.64. The molecule has 0 radical (unpaired) electrons. The van der Waals surface area contributed by atoms with E-state index in [1.54, 1.807) is 12.1 Å². The van der Waals surface area contributed by atoms with Crippen LogP contribution in [0.4, 0.5) is 0 Å². The van der Waals surface area contributed by atoms with E-state index in [2.05, 4.69) is 27.0 Å². The van der Waals surface area contributed by atoms with Gasteiger partial charge in [0.25, 0.3) is 5.91 Å². The van der Waals surface area contributed by atoms with Gasteiger partial charge in [-0.15, -0.1) is 13.2 Å². The Balaban J connectivity index is 2.20. The second-order valence-electron chi connectivity index (χ2n) is 7.08. The van der Waals surface area contributed by atoms with Gasteiger partial charge in [-0.3, -0.25) is 4.79 Å². The molecule has 0 N–H and O–H groups in total. The van der Waals surface area contributed by atoms with Crippen LogP contribution in [0, 0.1) is 11.8 Å². The van der Waals surface area contributed by atoms with E-state index in [9.17, 15) is 13.2 Å². The molecular weight excluding hydrogens is 348 g/mol. The number of likely N-dealkylation sites (tertiary alicyclic amines) is 1. The standard InChI is InChI=1S/C20H28N2O3S/c1-5-11-22(12-6-2)26(24,25)19-9-7-18(8-10-19)20(23)21-14-16(3)13-17(4)15-21/h5-10,16-17H,1-2,11-15H2,3-4H3/t16-,17+. The smallest absolute Gasteiger partial charge is 0.253 e. The zero-order valence-corrected chi connectivity index (χ0v) is 16.4. The van der Waals surface area contributed by atoms with Crippen LogP contribution in [0.25, 0.3) is 0 Å². The maximum Gasteiger partial charge on any atom is 0.253 e. The van der Waals surface area contributed by atoms with Crippen LogP contribution in [-0.2, 0) is 10.0 Å². The first-order valence-electron chi connectivity index (χ1n) is 8.90. The highest BCUT2D eigenvalue weighted by Crippen LogP contribution is 2.23. The molecule has 2 rings (SSSR count). The Morgan fingerprint density at radius 1 is 1.12 bits per heavy atom. The number of amides is 1. The molecule has 2 atom stereocenters. The minimum absolute atomic E-state index is 0.0404. The lowest BCUT2D eigenvalue weighted by Crippen LogP contribution is -2.42. The maximum atomic E-state index is 12.7. The van der Waals surface area contributed by atoms with E-state index >= 15 is 0 Å². The first kappa shape index (κ1) is 20.4. The summed E-state index contributed by atoms with van der Waals surface area (Å²) in [5.41, 5.74) is 0.518. The van der Waals surface area contributed by atoms with Gasteiger partial charge < -0.3 is 4.90 Å². The van der Waals surface area contributed by atoms with Crippen molar-refractivity contribution in [3.63, 3.8) is 0 Å². The Hall–Kier alpha value is -1.92. The number of piperidine rings is 1. The average Bonchev–Trinajstić information content (AvgIpc) is 2.60. The summed E-state index contributed by atoms with van der Waals surface area (Å²) in [7, 11) is -3.64. The topological polar surface area (TPSA) is 57.7 Å². The molecular formula is C20H28N2O3S. The lowest BCUT2D eigenvalue weighted by Gasteiger charge is -2.35. The zero-order chi connectivity index (χ0) is 19.3. The molecule has 1 aromatic carbocycles. The number of nitrogens with zero attached hydrogens (tertiary/aromatic N) is 2. The molecule has 0 saturated carbocycles. The largest absolute Gasteiger partial charge is 0.338 e. The fourth-order valence-corrected chi connectivity index (χ4v) is 4.87. The summed E-state index contributed by atoms with van der Waals surface area (Å²) in [4.78, 5) is 14.8. The first-order valence-corrected chi connectivity index (χ1v) is 10.3. The van der Waals surface area contributed by atoms with E-state index in [4.69, 9.17) is 0 Å². The molecule has 26 heavy (non-hydrogen) atoms. The Kier molecular flexibility index (Phi) is 6.78. The van der Waals surface area contributed by atoms with Gasteiger partial charge in [-0.1, -0.05) is 26.0 Å². The van der Waals surface area contributed by atoms with E-state index in [0.717, 1.165) is 19.5 Å². The number of hydrogen-bond donors (Lipinski definition) is 0. The van der Waals surface area contributed by atoms with Crippen molar-refractivity contribution in [3.05, 3.63) is 55.1 Å². The van der Waals surface area contributed by atoms with Crippen molar-refractivity contribution in [3.8, 4) is 0 Å². The third-order valence-corrected chi connectivity index (χ3v) is 6.41. The monoisotopic (exact) mass is 376 g/mol. The van der Waals surface area contributed by atoms with Crippen molar-refractivity contribution >= 4 is 15.9 Å². The van der Waals surface area contributed by atoms with Crippen molar-refractivity contribution in [2.75, 3.05) is 26.2 Å². The van der Waals surface area contributed by atoms with Gasteiger partial charge in [0, 0.05) is 31.7 Å². The van der Waals surface area contributed by atoms with Gasteiger partial charge in [0.1, 0.15) is 0 Å². The number of sulfonamides is 1. The molecule has 0 spiro atoms. The quantitative estimate of drug-likeness (QED) is 0.687. The SMILES string of the molecule is C=CCN(CC=C)S(=O)(=O)c1ccc(C(=O)N2C[C@H](C)C[C@H](C)C2)cc1. The first-order chi connectivity index (χ1) is 12.3. The van der Waals surface area contributed by atoms with Crippen molar-refractivity contribution < 1.29 is 13.2 Å². The van der Waals surface area contributed by atoms with Gasteiger partial charge in [0.15, 0.2) is 0 Å². The average molecular weight is 377 g/mol. The summed E-state index contributed by atoms with van der Waals surface area (Å²) in [5.74, 6) is 0.920. The van der Waals surface area contributed by atoms with Gasteiger partial charge in [-0.05, 0) is 42.5 Å². The summed E-state index contributed by atoms with van der Waals surface area (Å²) < 4.78 is 26.7. The molecule has 5 nitrogen and oxygen atoms in total. The normalized spacial score (nSPS) is 20.8. The highest BCUT2D eigenvalue weighted by atomic mass is 32.2. The highest BCUT2D eigenvalue weighted by Gasteiger charge is 2.27. The molecule has 1 aromatic rings. The van der Waals surface area contributed by atoms with Crippen molar-refractivity contribution in [2.24, 2.45) is 11.8 Å². The lowest BCUT2D eigenvalue weighted by atomic mass is 9.91. The van der Waals surface area contributed by atoms with E-state index in [0.29, 0.717) is 17.4 Å². The van der Waals surface area contributed by atoms with Crippen LogP contribution in [0.2, 0.25) is 0 Å². The Morgan fingerprint density at radius 3 is 2.08 bits per heavy atom. The summed E-state index contributed by atoms with van der Waals surface area (Å²) >= 11 is 0. The molecule has 0 aliphatic carbocycles. The van der Waals surface area contributed by atoms with Crippen LogP contribution in [0.3, 0.4) is 0 Å². The molecule has 1 aliphatic heterocycles. The highest BCUT2D eigenvalue weighted by molar-refractivity contribution is 7.89. The van der Waals surface area contributed by atoms with Crippen LogP contribution >= 0.6 is 0 Å². The van der Waals surface area contributed by atoms with Crippen LogP contribution < -0.4 is 0 Å². The molecule has 6 heteroatoms. The molecule has 1 fully saturated rings. The molecule has 0 aromatic heterocycles. The molecule has 1 heterocycles. The maximum absolute atomic E-state index is 12.7. The molecule has 1 aliphatic rings. The molecule has 0 unspecified atom stereocenters. The van der Waals surface area contributed by atoms with Gasteiger partial charge in [0.05, 0.1) is 4.90 Å². The van der Waals surface area contributed by atoms with E-state index in [1.807, 2.05) is 4.90 Å². The number of rotatable bonds is 7. The lowest BCUT2D eigenvalue weighted by molar-refractivity contribution is 0.0623. The van der Waals surface area contributed by atoms with Gasteiger partial charge in [0.2, 0.25) is 10.0 Å². The van der Waals surface area contributed by atoms with Gasteiger partial charge in [-0.2, -0.15) is 4.31 Å². The molecule has 142 valence electrons. The minimum atomic E-state index is -3.64. The van der Waals surface area contributed by atoms with Crippen molar-refractivity contribution in [1.82, 2.24) is 9.21 Å². The summed E-state index contributed by atoms with van der Waals surface area (Å²) in [6, 6.07) is 6.19. The van der Waals surface area contributed by atoms with Crippen LogP contribution in [0.15, 0.2) is 54.5 Å². The molecule has 1 saturated heterocycles. The second-order valence-corrected chi connectivity index (χ2v) is 9.02. The van der Waals surface area contributed by atoms with Crippen molar-refractivity contribution in [1.29, 1.82) is 0 Å². The number of hydrogen-bond acceptors (Lipinski definition) is 3. The Labute approximate surface area is 157 Å². The third-order valence-electron chi connectivity index (χ3n) is 4.56. The van der Waals surface area contributed by atoms with E-state index < -0.39 is 10.0 Å².